The topological polar surface area (TPSA) is 95.5 Å². The molecular formula is C23H22N2O4S. The Hall–Kier alpha value is -3.45. The zero-order chi connectivity index (χ0) is 21.5. The highest BCUT2D eigenvalue weighted by Crippen LogP contribution is 2.29. The van der Waals surface area contributed by atoms with E-state index in [4.69, 9.17) is 5.11 Å². The molecule has 0 radical (unpaired) electrons. The van der Waals surface area contributed by atoms with Gasteiger partial charge in [-0.05, 0) is 48.7 Å². The molecule has 0 atom stereocenters. The molecule has 30 heavy (non-hydrogen) atoms. The fourth-order valence-electron chi connectivity index (χ4n) is 2.88. The van der Waals surface area contributed by atoms with Crippen LogP contribution in [0.4, 0.5) is 5.00 Å². The van der Waals surface area contributed by atoms with Crippen molar-refractivity contribution in [3.63, 3.8) is 0 Å². The van der Waals surface area contributed by atoms with Gasteiger partial charge < -0.3 is 15.7 Å². The average Bonchev–Trinajstić information content (AvgIpc) is 3.17. The Labute approximate surface area is 178 Å². The molecule has 2 amide bonds. The van der Waals surface area contributed by atoms with Crippen LogP contribution in [0.2, 0.25) is 0 Å². The van der Waals surface area contributed by atoms with E-state index in [0.29, 0.717) is 22.7 Å². The standard InChI is InChI=1S/C23H22N2O4S/c1-2-18-14-19(21(27)24-13-12-15-6-4-3-5-7-15)22(30-18)25-20(26)16-8-10-17(11-9-16)23(28)29/h3-11,14H,2,12-13H2,1H3,(H,24,27)(H,25,26)(H,28,29). The first-order valence-corrected chi connectivity index (χ1v) is 10.4. The molecule has 1 heterocycles. The molecule has 0 aliphatic heterocycles. The van der Waals surface area contributed by atoms with E-state index < -0.39 is 11.9 Å². The summed E-state index contributed by atoms with van der Waals surface area (Å²) in [5.74, 6) is -1.68. The summed E-state index contributed by atoms with van der Waals surface area (Å²) in [6.07, 6.45) is 1.47. The van der Waals surface area contributed by atoms with E-state index in [1.165, 1.54) is 35.6 Å². The fourth-order valence-corrected chi connectivity index (χ4v) is 3.87. The highest BCUT2D eigenvalue weighted by atomic mass is 32.1. The van der Waals surface area contributed by atoms with Crippen LogP contribution in [0, 0.1) is 0 Å². The fraction of sp³-hybridized carbons (Fsp3) is 0.174. The van der Waals surface area contributed by atoms with Crippen LogP contribution < -0.4 is 10.6 Å². The van der Waals surface area contributed by atoms with Crippen molar-refractivity contribution >= 4 is 34.1 Å². The van der Waals surface area contributed by atoms with E-state index in [0.717, 1.165) is 23.3 Å². The van der Waals surface area contributed by atoms with Crippen LogP contribution in [0.5, 0.6) is 0 Å². The summed E-state index contributed by atoms with van der Waals surface area (Å²) >= 11 is 1.36. The second-order valence-corrected chi connectivity index (χ2v) is 7.77. The third-order valence-corrected chi connectivity index (χ3v) is 5.73. The number of carbonyl (C=O) groups is 3. The monoisotopic (exact) mass is 422 g/mol. The van der Waals surface area contributed by atoms with Crippen molar-refractivity contribution < 1.29 is 19.5 Å². The molecule has 2 aromatic carbocycles. The largest absolute Gasteiger partial charge is 0.478 e. The lowest BCUT2D eigenvalue weighted by atomic mass is 10.1. The Morgan fingerprint density at radius 2 is 1.60 bits per heavy atom. The van der Waals surface area contributed by atoms with Gasteiger partial charge in [0.1, 0.15) is 5.00 Å². The molecule has 0 spiro atoms. The van der Waals surface area contributed by atoms with Gasteiger partial charge in [-0.15, -0.1) is 11.3 Å². The van der Waals surface area contributed by atoms with E-state index in [1.807, 2.05) is 37.3 Å². The molecular weight excluding hydrogens is 400 g/mol. The Balaban J connectivity index is 1.68. The maximum Gasteiger partial charge on any atom is 0.335 e. The summed E-state index contributed by atoms with van der Waals surface area (Å²) in [5, 5.41) is 15.2. The Morgan fingerprint density at radius 1 is 0.933 bits per heavy atom. The smallest absolute Gasteiger partial charge is 0.335 e. The molecule has 0 saturated heterocycles. The summed E-state index contributed by atoms with van der Waals surface area (Å²) in [6, 6.07) is 17.3. The van der Waals surface area contributed by atoms with Gasteiger partial charge >= 0.3 is 5.97 Å². The van der Waals surface area contributed by atoms with E-state index in [9.17, 15) is 14.4 Å². The molecule has 0 saturated carbocycles. The second-order valence-electron chi connectivity index (χ2n) is 6.64. The normalized spacial score (nSPS) is 10.4. The number of aryl methyl sites for hydroxylation is 1. The summed E-state index contributed by atoms with van der Waals surface area (Å²) in [5.41, 5.74) is 1.99. The lowest BCUT2D eigenvalue weighted by molar-refractivity contribution is 0.0696. The number of amides is 2. The Morgan fingerprint density at radius 3 is 2.23 bits per heavy atom. The second kappa shape index (κ2) is 9.84. The number of rotatable bonds is 8. The van der Waals surface area contributed by atoms with Crippen molar-refractivity contribution in [2.24, 2.45) is 0 Å². The Bertz CT molecular complexity index is 1040. The first-order valence-electron chi connectivity index (χ1n) is 9.57. The molecule has 0 aliphatic carbocycles. The number of anilines is 1. The van der Waals surface area contributed by atoms with Crippen molar-refractivity contribution in [2.45, 2.75) is 19.8 Å². The number of nitrogens with one attached hydrogen (secondary N) is 2. The summed E-state index contributed by atoms with van der Waals surface area (Å²) < 4.78 is 0. The number of carbonyl (C=O) groups excluding carboxylic acids is 2. The van der Waals surface area contributed by atoms with Gasteiger partial charge in [0.05, 0.1) is 11.1 Å². The number of carboxylic acids is 1. The van der Waals surface area contributed by atoms with Crippen molar-refractivity contribution in [3.8, 4) is 0 Å². The zero-order valence-electron chi connectivity index (χ0n) is 16.5. The quantitative estimate of drug-likeness (QED) is 0.506. The predicted molar refractivity (Wildman–Crippen MR) is 118 cm³/mol. The van der Waals surface area contributed by atoms with Crippen LogP contribution >= 0.6 is 11.3 Å². The van der Waals surface area contributed by atoms with E-state index in [2.05, 4.69) is 10.6 Å². The molecule has 0 unspecified atom stereocenters. The van der Waals surface area contributed by atoms with Gasteiger partial charge in [0, 0.05) is 17.0 Å². The third kappa shape index (κ3) is 5.33. The van der Waals surface area contributed by atoms with Crippen LogP contribution in [0.1, 0.15) is 48.4 Å². The number of thiophene rings is 1. The molecule has 154 valence electrons. The zero-order valence-corrected chi connectivity index (χ0v) is 17.3. The number of benzene rings is 2. The lowest BCUT2D eigenvalue weighted by Crippen LogP contribution is -2.26. The Kier molecular flexibility index (Phi) is 6.98. The van der Waals surface area contributed by atoms with E-state index in [-0.39, 0.29) is 11.5 Å². The summed E-state index contributed by atoms with van der Waals surface area (Å²) in [4.78, 5) is 37.2. The van der Waals surface area contributed by atoms with E-state index in [1.54, 1.807) is 6.07 Å². The van der Waals surface area contributed by atoms with Crippen LogP contribution in [0.25, 0.3) is 0 Å². The highest BCUT2D eigenvalue weighted by molar-refractivity contribution is 7.16. The molecule has 0 aliphatic rings. The molecule has 0 fully saturated rings. The van der Waals surface area contributed by atoms with Crippen LogP contribution in [0.15, 0.2) is 60.7 Å². The number of hydrogen-bond donors (Lipinski definition) is 3. The van der Waals surface area contributed by atoms with Crippen LogP contribution in [0.3, 0.4) is 0 Å². The van der Waals surface area contributed by atoms with Gasteiger partial charge in [-0.3, -0.25) is 9.59 Å². The SMILES string of the molecule is CCc1cc(C(=O)NCCc2ccccc2)c(NC(=O)c2ccc(C(=O)O)cc2)s1. The minimum absolute atomic E-state index is 0.106. The van der Waals surface area contributed by atoms with Gasteiger partial charge in [0.2, 0.25) is 0 Å². The highest BCUT2D eigenvalue weighted by Gasteiger charge is 2.18. The first kappa shape index (κ1) is 21.3. The van der Waals surface area contributed by atoms with E-state index >= 15 is 0 Å². The van der Waals surface area contributed by atoms with Gasteiger partial charge in [-0.1, -0.05) is 37.3 Å². The van der Waals surface area contributed by atoms with Crippen LogP contribution in [-0.2, 0) is 12.8 Å². The molecule has 7 heteroatoms. The molecule has 1 aromatic heterocycles. The number of hydrogen-bond acceptors (Lipinski definition) is 4. The first-order chi connectivity index (χ1) is 14.5. The average molecular weight is 423 g/mol. The lowest BCUT2D eigenvalue weighted by Gasteiger charge is -2.08. The van der Waals surface area contributed by atoms with Crippen molar-refractivity contribution in [1.29, 1.82) is 0 Å². The molecule has 3 aromatic rings. The van der Waals surface area contributed by atoms with Gasteiger partial charge in [0.15, 0.2) is 0 Å². The predicted octanol–water partition coefficient (Wildman–Crippen LogP) is 4.23. The van der Waals surface area contributed by atoms with Crippen molar-refractivity contribution in [1.82, 2.24) is 5.32 Å². The molecule has 3 rings (SSSR count). The maximum absolute atomic E-state index is 12.7. The molecule has 0 bridgehead atoms. The minimum atomic E-state index is -1.05. The molecule has 6 nitrogen and oxygen atoms in total. The van der Waals surface area contributed by atoms with Crippen molar-refractivity contribution in [2.75, 3.05) is 11.9 Å². The third-order valence-electron chi connectivity index (χ3n) is 4.54. The van der Waals surface area contributed by atoms with Crippen molar-refractivity contribution in [3.05, 3.63) is 87.8 Å². The summed E-state index contributed by atoms with van der Waals surface area (Å²) in [6.45, 7) is 2.48. The van der Waals surface area contributed by atoms with Gasteiger partial charge in [-0.2, -0.15) is 0 Å². The number of carboxylic acid groups (broad SMARTS) is 1. The van der Waals surface area contributed by atoms with Gasteiger partial charge in [-0.25, -0.2) is 4.79 Å². The summed E-state index contributed by atoms with van der Waals surface area (Å²) in [7, 11) is 0. The molecule has 3 N–H and O–H groups in total. The minimum Gasteiger partial charge on any atom is -0.478 e. The number of aromatic carboxylic acids is 1. The van der Waals surface area contributed by atoms with Gasteiger partial charge in [0.25, 0.3) is 11.8 Å². The maximum atomic E-state index is 12.7. The van der Waals surface area contributed by atoms with Crippen LogP contribution in [-0.4, -0.2) is 29.4 Å².